The number of carbonyl (C=O) groups excluding carboxylic acids is 1. The van der Waals surface area contributed by atoms with Crippen molar-refractivity contribution in [1.82, 2.24) is 10.2 Å². The van der Waals surface area contributed by atoms with Gasteiger partial charge >= 0.3 is 0 Å². The summed E-state index contributed by atoms with van der Waals surface area (Å²) < 4.78 is 11.2. The lowest BCUT2D eigenvalue weighted by Gasteiger charge is -2.32. The third kappa shape index (κ3) is 7.44. The third-order valence-electron chi connectivity index (χ3n) is 5.37. The number of amides is 1. The topological polar surface area (TPSA) is 50.8 Å². The molecule has 31 heavy (non-hydrogen) atoms. The minimum atomic E-state index is -0.0550. The minimum Gasteiger partial charge on any atom is -0.493 e. The molecule has 1 aliphatic rings. The number of likely N-dealkylation sites (tertiary alicyclic amines) is 1. The smallest absolute Gasteiger partial charge is 0.244 e. The molecule has 1 heterocycles. The van der Waals surface area contributed by atoms with Gasteiger partial charge in [-0.1, -0.05) is 50.2 Å². The Morgan fingerprint density at radius 2 is 1.87 bits per heavy atom. The molecular formula is C26H34N2O3. The number of nitrogens with zero attached hydrogens (tertiary/aromatic N) is 1. The van der Waals surface area contributed by atoms with E-state index in [4.69, 9.17) is 9.47 Å². The van der Waals surface area contributed by atoms with Crippen molar-refractivity contribution in [2.75, 3.05) is 26.8 Å². The predicted octanol–water partition coefficient (Wildman–Crippen LogP) is 4.52. The van der Waals surface area contributed by atoms with Gasteiger partial charge in [-0.05, 0) is 48.1 Å². The standard InChI is InChI=1S/C26H34N2O3/c1-20(2)19-31-24-11-9-21(17-25(24)30-3)10-12-26(29)27-23-13-15-28(16-14-23)18-22-7-5-4-6-8-22/h4-12,17,20,23H,13-16,18-19H2,1-3H3,(H,27,29)/b12-10+. The van der Waals surface area contributed by atoms with Crippen LogP contribution >= 0.6 is 0 Å². The first-order chi connectivity index (χ1) is 15.0. The van der Waals surface area contributed by atoms with E-state index in [1.54, 1.807) is 13.2 Å². The fraction of sp³-hybridized carbons (Fsp3) is 0.423. The number of carbonyl (C=O) groups is 1. The summed E-state index contributed by atoms with van der Waals surface area (Å²) in [5, 5.41) is 3.14. The van der Waals surface area contributed by atoms with Crippen LogP contribution < -0.4 is 14.8 Å². The van der Waals surface area contributed by atoms with Gasteiger partial charge in [-0.2, -0.15) is 0 Å². The Morgan fingerprint density at radius 3 is 2.55 bits per heavy atom. The Bertz CT molecular complexity index is 856. The molecule has 0 aliphatic carbocycles. The molecule has 3 rings (SSSR count). The van der Waals surface area contributed by atoms with Crippen molar-refractivity contribution in [1.29, 1.82) is 0 Å². The molecule has 2 aromatic carbocycles. The first-order valence-corrected chi connectivity index (χ1v) is 11.1. The number of hydrogen-bond donors (Lipinski definition) is 1. The molecule has 2 aromatic rings. The van der Waals surface area contributed by atoms with E-state index < -0.39 is 0 Å². The van der Waals surface area contributed by atoms with E-state index in [-0.39, 0.29) is 11.9 Å². The molecule has 1 aliphatic heterocycles. The van der Waals surface area contributed by atoms with Crippen molar-refractivity contribution in [3.8, 4) is 11.5 Å². The molecule has 0 bridgehead atoms. The summed E-state index contributed by atoms with van der Waals surface area (Å²) >= 11 is 0. The summed E-state index contributed by atoms with van der Waals surface area (Å²) in [4.78, 5) is 14.8. The summed E-state index contributed by atoms with van der Waals surface area (Å²) in [6.45, 7) is 7.82. The van der Waals surface area contributed by atoms with E-state index in [9.17, 15) is 4.79 Å². The monoisotopic (exact) mass is 422 g/mol. The number of methoxy groups -OCH3 is 1. The lowest BCUT2D eigenvalue weighted by molar-refractivity contribution is -0.117. The molecule has 0 atom stereocenters. The van der Waals surface area contributed by atoms with Gasteiger partial charge in [-0.3, -0.25) is 9.69 Å². The molecule has 5 nitrogen and oxygen atoms in total. The van der Waals surface area contributed by atoms with Gasteiger partial charge in [-0.15, -0.1) is 0 Å². The lowest BCUT2D eigenvalue weighted by atomic mass is 10.0. The zero-order valence-corrected chi connectivity index (χ0v) is 18.8. The maximum Gasteiger partial charge on any atom is 0.244 e. The molecule has 166 valence electrons. The Labute approximate surface area is 186 Å². The van der Waals surface area contributed by atoms with Gasteiger partial charge in [0.1, 0.15) is 0 Å². The Hall–Kier alpha value is -2.79. The average molecular weight is 423 g/mol. The van der Waals surface area contributed by atoms with Crippen LogP contribution in [0.3, 0.4) is 0 Å². The summed E-state index contributed by atoms with van der Waals surface area (Å²) in [5.74, 6) is 1.79. The van der Waals surface area contributed by atoms with Crippen LogP contribution in [-0.4, -0.2) is 43.7 Å². The molecule has 1 fully saturated rings. The van der Waals surface area contributed by atoms with Crippen LogP contribution in [0.1, 0.15) is 37.8 Å². The minimum absolute atomic E-state index is 0.0550. The highest BCUT2D eigenvalue weighted by Gasteiger charge is 2.20. The van der Waals surface area contributed by atoms with Crippen LogP contribution in [-0.2, 0) is 11.3 Å². The molecule has 0 saturated carbocycles. The van der Waals surface area contributed by atoms with Crippen molar-refractivity contribution in [3.05, 3.63) is 65.7 Å². The molecule has 0 aromatic heterocycles. The van der Waals surface area contributed by atoms with Gasteiger partial charge < -0.3 is 14.8 Å². The fourth-order valence-electron chi connectivity index (χ4n) is 3.66. The predicted molar refractivity (Wildman–Crippen MR) is 125 cm³/mol. The molecule has 0 unspecified atom stereocenters. The maximum absolute atomic E-state index is 12.4. The first kappa shape index (κ1) is 22.9. The quantitative estimate of drug-likeness (QED) is 0.604. The molecule has 1 saturated heterocycles. The van der Waals surface area contributed by atoms with Gasteiger partial charge in [-0.25, -0.2) is 0 Å². The van der Waals surface area contributed by atoms with Gasteiger partial charge in [0.25, 0.3) is 0 Å². The second kappa shape index (κ2) is 11.6. The average Bonchev–Trinajstić information content (AvgIpc) is 2.78. The van der Waals surface area contributed by atoms with Gasteiger partial charge in [0.05, 0.1) is 13.7 Å². The van der Waals surface area contributed by atoms with Crippen molar-refractivity contribution in [2.45, 2.75) is 39.3 Å². The number of nitrogens with one attached hydrogen (secondary N) is 1. The van der Waals surface area contributed by atoms with E-state index in [1.165, 1.54) is 5.56 Å². The van der Waals surface area contributed by atoms with Crippen molar-refractivity contribution >= 4 is 12.0 Å². The zero-order valence-electron chi connectivity index (χ0n) is 18.8. The molecule has 0 radical (unpaired) electrons. The normalized spacial score (nSPS) is 15.4. The summed E-state index contributed by atoms with van der Waals surface area (Å²) in [6.07, 6.45) is 5.36. The van der Waals surface area contributed by atoms with Crippen LogP contribution in [0.25, 0.3) is 6.08 Å². The Balaban J connectivity index is 1.46. The van der Waals surface area contributed by atoms with Gasteiger partial charge in [0.15, 0.2) is 11.5 Å². The fourth-order valence-corrected chi connectivity index (χ4v) is 3.66. The second-order valence-corrected chi connectivity index (χ2v) is 8.49. The van der Waals surface area contributed by atoms with E-state index in [0.29, 0.717) is 18.3 Å². The molecular weight excluding hydrogens is 388 g/mol. The highest BCUT2D eigenvalue weighted by Crippen LogP contribution is 2.29. The van der Waals surface area contributed by atoms with Gasteiger partial charge in [0.2, 0.25) is 5.91 Å². The highest BCUT2D eigenvalue weighted by molar-refractivity contribution is 5.92. The van der Waals surface area contributed by atoms with Crippen molar-refractivity contribution < 1.29 is 14.3 Å². The SMILES string of the molecule is COc1cc(/C=C/C(=O)NC2CCN(Cc3ccccc3)CC2)ccc1OCC(C)C. The first-order valence-electron chi connectivity index (χ1n) is 11.1. The third-order valence-corrected chi connectivity index (χ3v) is 5.37. The van der Waals surface area contributed by atoms with Crippen molar-refractivity contribution in [3.63, 3.8) is 0 Å². The van der Waals surface area contributed by atoms with Crippen LogP contribution in [0.2, 0.25) is 0 Å². The Morgan fingerprint density at radius 1 is 1.13 bits per heavy atom. The van der Waals surface area contributed by atoms with E-state index >= 15 is 0 Å². The molecule has 1 N–H and O–H groups in total. The number of ether oxygens (including phenoxy) is 2. The molecule has 1 amide bonds. The Kier molecular flexibility index (Phi) is 8.53. The van der Waals surface area contributed by atoms with Crippen LogP contribution in [0.5, 0.6) is 11.5 Å². The molecule has 0 spiro atoms. The number of benzene rings is 2. The van der Waals surface area contributed by atoms with E-state index in [0.717, 1.165) is 43.8 Å². The summed E-state index contributed by atoms with van der Waals surface area (Å²) in [6, 6.07) is 16.5. The number of hydrogen-bond acceptors (Lipinski definition) is 4. The highest BCUT2D eigenvalue weighted by atomic mass is 16.5. The second-order valence-electron chi connectivity index (χ2n) is 8.49. The van der Waals surface area contributed by atoms with Crippen molar-refractivity contribution in [2.24, 2.45) is 5.92 Å². The lowest BCUT2D eigenvalue weighted by Crippen LogP contribution is -2.43. The van der Waals surface area contributed by atoms with Gasteiger partial charge in [0, 0.05) is 31.8 Å². The zero-order chi connectivity index (χ0) is 22.1. The summed E-state index contributed by atoms with van der Waals surface area (Å²) in [5.41, 5.74) is 2.24. The largest absolute Gasteiger partial charge is 0.493 e. The van der Waals surface area contributed by atoms with Crippen LogP contribution in [0.4, 0.5) is 0 Å². The molecule has 5 heteroatoms. The van der Waals surface area contributed by atoms with E-state index in [1.807, 2.05) is 30.3 Å². The number of piperidine rings is 1. The maximum atomic E-state index is 12.4. The number of rotatable bonds is 9. The van der Waals surface area contributed by atoms with Crippen LogP contribution in [0, 0.1) is 5.92 Å². The summed E-state index contributed by atoms with van der Waals surface area (Å²) in [7, 11) is 1.63. The van der Waals surface area contributed by atoms with E-state index in [2.05, 4.69) is 48.3 Å². The van der Waals surface area contributed by atoms with Crippen LogP contribution in [0.15, 0.2) is 54.6 Å².